The molecule has 2 aliphatic heterocycles. The molecule has 6 nitrogen and oxygen atoms in total. The molecule has 1 N–H and O–H groups in total. The van der Waals surface area contributed by atoms with Crippen LogP contribution in [0.4, 0.5) is 16.2 Å². The molecule has 0 aliphatic carbocycles. The van der Waals surface area contributed by atoms with E-state index in [1.807, 2.05) is 6.92 Å². The molecule has 4 rings (SSSR count). The van der Waals surface area contributed by atoms with Crippen molar-refractivity contribution in [3.8, 4) is 0 Å². The number of urea groups is 1. The zero-order valence-electron chi connectivity index (χ0n) is 18.8. The Labute approximate surface area is 192 Å². The van der Waals surface area contributed by atoms with Crippen LogP contribution in [0.2, 0.25) is 5.02 Å². The summed E-state index contributed by atoms with van der Waals surface area (Å²) >= 11 is 6.03. The molecule has 166 valence electrons. The lowest BCUT2D eigenvalue weighted by atomic mass is 9.79. The first-order valence-corrected chi connectivity index (χ1v) is 10.9. The summed E-state index contributed by atoms with van der Waals surface area (Å²) in [6, 6.07) is 9.76. The minimum Gasteiger partial charge on any atom is -0.369 e. The minimum atomic E-state index is -0.793. The molecule has 0 spiro atoms. The second-order valence-corrected chi connectivity index (χ2v) is 9.62. The lowest BCUT2D eigenvalue weighted by Gasteiger charge is -2.45. The van der Waals surface area contributed by atoms with E-state index in [0.29, 0.717) is 16.6 Å². The molecule has 1 saturated heterocycles. The predicted molar refractivity (Wildman–Crippen MR) is 127 cm³/mol. The second kappa shape index (κ2) is 7.78. The maximum Gasteiger partial charge on any atom is 0.335 e. The van der Waals surface area contributed by atoms with Crippen molar-refractivity contribution in [2.24, 2.45) is 0 Å². The van der Waals surface area contributed by atoms with Gasteiger partial charge in [-0.15, -0.1) is 0 Å². The van der Waals surface area contributed by atoms with E-state index in [-0.39, 0.29) is 11.1 Å². The van der Waals surface area contributed by atoms with Crippen LogP contribution >= 0.6 is 11.6 Å². The van der Waals surface area contributed by atoms with Gasteiger partial charge in [0.15, 0.2) is 0 Å². The van der Waals surface area contributed by atoms with Crippen molar-refractivity contribution >= 4 is 46.9 Å². The van der Waals surface area contributed by atoms with Gasteiger partial charge in [0.05, 0.1) is 5.69 Å². The fourth-order valence-corrected chi connectivity index (χ4v) is 4.74. The van der Waals surface area contributed by atoms with Crippen molar-refractivity contribution in [1.29, 1.82) is 0 Å². The van der Waals surface area contributed by atoms with E-state index >= 15 is 0 Å². The Morgan fingerprint density at radius 2 is 1.88 bits per heavy atom. The normalized spacial score (nSPS) is 21.6. The van der Waals surface area contributed by atoms with Gasteiger partial charge in [0.25, 0.3) is 11.8 Å². The summed E-state index contributed by atoms with van der Waals surface area (Å²) < 4.78 is 0. The fraction of sp³-hybridized carbons (Fsp3) is 0.320. The number of amides is 4. The van der Waals surface area contributed by atoms with Gasteiger partial charge in [-0.25, -0.2) is 9.69 Å². The number of nitrogens with one attached hydrogen (secondary N) is 1. The number of rotatable bonds is 2. The highest BCUT2D eigenvalue weighted by Gasteiger charge is 2.38. The highest BCUT2D eigenvalue weighted by molar-refractivity contribution is 6.39. The van der Waals surface area contributed by atoms with Gasteiger partial charge in [-0.1, -0.05) is 24.6 Å². The lowest BCUT2D eigenvalue weighted by molar-refractivity contribution is -0.122. The van der Waals surface area contributed by atoms with E-state index in [0.717, 1.165) is 28.1 Å². The molecular formula is C25H26ClN3O3. The molecule has 32 heavy (non-hydrogen) atoms. The van der Waals surface area contributed by atoms with Crippen molar-refractivity contribution in [3.05, 3.63) is 63.7 Å². The highest BCUT2D eigenvalue weighted by atomic mass is 35.5. The van der Waals surface area contributed by atoms with Gasteiger partial charge >= 0.3 is 6.03 Å². The number of carbonyl (C=O) groups excluding carboxylic acids is 3. The molecule has 2 aliphatic rings. The zero-order valence-corrected chi connectivity index (χ0v) is 19.6. The molecule has 2 aromatic carbocycles. The Hall–Kier alpha value is -3.12. The van der Waals surface area contributed by atoms with Crippen LogP contribution in [-0.2, 0) is 9.59 Å². The number of anilines is 2. The van der Waals surface area contributed by atoms with Crippen LogP contribution < -0.4 is 15.1 Å². The summed E-state index contributed by atoms with van der Waals surface area (Å²) in [6.45, 7) is 8.60. The van der Waals surface area contributed by atoms with Crippen molar-refractivity contribution < 1.29 is 14.4 Å². The number of hydrogen-bond donors (Lipinski definition) is 1. The Bertz CT molecular complexity index is 1180. The number of halogens is 1. The first kappa shape index (κ1) is 22.1. The number of barbiturate groups is 1. The van der Waals surface area contributed by atoms with Crippen LogP contribution in [0.5, 0.6) is 0 Å². The molecule has 7 heteroatoms. The molecule has 2 heterocycles. The third kappa shape index (κ3) is 3.69. The second-order valence-electron chi connectivity index (χ2n) is 9.18. The molecule has 1 atom stereocenters. The average Bonchev–Trinajstić information content (AvgIpc) is 2.69. The molecule has 0 radical (unpaired) electrons. The first-order valence-electron chi connectivity index (χ1n) is 10.5. The van der Waals surface area contributed by atoms with E-state index in [9.17, 15) is 14.4 Å². The van der Waals surface area contributed by atoms with Crippen molar-refractivity contribution in [2.45, 2.75) is 45.6 Å². The van der Waals surface area contributed by atoms with Crippen molar-refractivity contribution in [2.75, 3.05) is 16.8 Å². The Morgan fingerprint density at radius 1 is 1.16 bits per heavy atom. The number of imide groups is 2. The lowest BCUT2D eigenvalue weighted by Crippen LogP contribution is -2.54. The van der Waals surface area contributed by atoms with Crippen molar-refractivity contribution in [1.82, 2.24) is 5.32 Å². The SMILES string of the molecule is Cc1cc2c(cc1/C=C1\C(=O)NC(=O)N(c3cccc(Cl)c3)C1=O)[C@H](C)CC(C)(C)N2C. The van der Waals surface area contributed by atoms with Crippen LogP contribution in [0, 0.1) is 6.92 Å². The standard InChI is InChI=1S/C25H26ClN3O3/c1-14-9-21-19(15(2)13-25(3,4)28(21)5)10-16(14)11-20-22(30)27-24(32)29(23(20)31)18-8-6-7-17(26)12-18/h6-12,15H,13H2,1-5H3,(H,27,30,32)/b20-11+/t15-/m1/s1. The van der Waals surface area contributed by atoms with Gasteiger partial charge in [-0.05, 0) is 86.2 Å². The summed E-state index contributed by atoms with van der Waals surface area (Å²) in [6.07, 6.45) is 2.57. The summed E-state index contributed by atoms with van der Waals surface area (Å²) in [5.41, 5.74) is 4.31. The summed E-state index contributed by atoms with van der Waals surface area (Å²) in [4.78, 5) is 41.4. The Balaban J connectivity index is 1.78. The topological polar surface area (TPSA) is 69.7 Å². The molecule has 2 aromatic rings. The summed E-state index contributed by atoms with van der Waals surface area (Å²) in [7, 11) is 2.09. The number of nitrogens with zero attached hydrogens (tertiary/aromatic N) is 2. The molecule has 1 fully saturated rings. The third-order valence-corrected chi connectivity index (χ3v) is 6.72. The van der Waals surface area contributed by atoms with Gasteiger partial charge in [-0.3, -0.25) is 14.9 Å². The van der Waals surface area contributed by atoms with Crippen LogP contribution in [-0.4, -0.2) is 30.4 Å². The van der Waals surface area contributed by atoms with Crippen LogP contribution in [0.15, 0.2) is 42.0 Å². The molecule has 0 unspecified atom stereocenters. The quantitative estimate of drug-likeness (QED) is 0.513. The van der Waals surface area contributed by atoms with Crippen LogP contribution in [0.1, 0.15) is 49.8 Å². The predicted octanol–water partition coefficient (Wildman–Crippen LogP) is 5.04. The van der Waals surface area contributed by atoms with E-state index in [2.05, 4.69) is 50.2 Å². The monoisotopic (exact) mass is 451 g/mol. The molecule has 0 saturated carbocycles. The molecule has 4 amide bonds. The number of benzene rings is 2. The molecular weight excluding hydrogens is 426 g/mol. The fourth-order valence-electron chi connectivity index (χ4n) is 4.55. The minimum absolute atomic E-state index is 0.0376. The average molecular weight is 452 g/mol. The van der Waals surface area contributed by atoms with Gasteiger partial charge in [0.1, 0.15) is 5.57 Å². The van der Waals surface area contributed by atoms with Crippen LogP contribution in [0.25, 0.3) is 6.08 Å². The smallest absolute Gasteiger partial charge is 0.335 e. The van der Waals surface area contributed by atoms with Gasteiger partial charge in [-0.2, -0.15) is 0 Å². The van der Waals surface area contributed by atoms with Crippen LogP contribution in [0.3, 0.4) is 0 Å². The maximum absolute atomic E-state index is 13.2. The largest absolute Gasteiger partial charge is 0.369 e. The number of fused-ring (bicyclic) bond motifs is 1. The highest BCUT2D eigenvalue weighted by Crippen LogP contribution is 2.43. The van der Waals surface area contributed by atoms with E-state index in [1.54, 1.807) is 24.3 Å². The van der Waals surface area contributed by atoms with E-state index in [1.165, 1.54) is 11.6 Å². The van der Waals surface area contributed by atoms with Gasteiger partial charge in [0.2, 0.25) is 0 Å². The summed E-state index contributed by atoms with van der Waals surface area (Å²) in [5, 5.41) is 2.65. The number of hydrogen-bond acceptors (Lipinski definition) is 4. The molecule has 0 aromatic heterocycles. The zero-order chi connectivity index (χ0) is 23.4. The van der Waals surface area contributed by atoms with E-state index in [4.69, 9.17) is 11.6 Å². The number of aryl methyl sites for hydroxylation is 1. The third-order valence-electron chi connectivity index (χ3n) is 6.49. The Kier molecular flexibility index (Phi) is 5.37. The maximum atomic E-state index is 13.2. The van der Waals surface area contributed by atoms with Gasteiger partial charge < -0.3 is 4.90 Å². The van der Waals surface area contributed by atoms with Gasteiger partial charge in [0, 0.05) is 23.3 Å². The number of carbonyl (C=O) groups is 3. The summed E-state index contributed by atoms with van der Waals surface area (Å²) in [5.74, 6) is -1.06. The van der Waals surface area contributed by atoms with Crippen molar-refractivity contribution in [3.63, 3.8) is 0 Å². The molecule has 0 bridgehead atoms. The Morgan fingerprint density at radius 3 is 2.56 bits per heavy atom. The first-order chi connectivity index (χ1) is 15.0. The van der Waals surface area contributed by atoms with E-state index < -0.39 is 17.8 Å².